The van der Waals surface area contributed by atoms with Crippen LogP contribution in [-0.2, 0) is 4.74 Å². The minimum atomic E-state index is 0.136. The monoisotopic (exact) mass is 291 g/mol. The molecular weight excluding hydrogens is 270 g/mol. The van der Waals surface area contributed by atoms with Crippen molar-refractivity contribution < 1.29 is 14.2 Å². The molecule has 0 saturated heterocycles. The molecule has 0 saturated carbocycles. The molecule has 114 valence electrons. The number of nitrogens with zero attached hydrogens (tertiary/aromatic N) is 2. The second-order valence-electron chi connectivity index (χ2n) is 5.16. The Morgan fingerprint density at radius 3 is 2.95 bits per heavy atom. The molecule has 6 heteroatoms. The Bertz CT molecular complexity index is 533. The normalized spacial score (nSPS) is 21.1. The molecule has 1 aromatic rings. The van der Waals surface area contributed by atoms with Crippen molar-refractivity contribution in [3.63, 3.8) is 0 Å². The van der Waals surface area contributed by atoms with E-state index in [4.69, 9.17) is 19.9 Å². The molecule has 0 spiro atoms. The van der Waals surface area contributed by atoms with Gasteiger partial charge < -0.3 is 24.8 Å². The third-order valence-corrected chi connectivity index (χ3v) is 3.79. The van der Waals surface area contributed by atoms with Gasteiger partial charge in [-0.1, -0.05) is 6.07 Å². The topological polar surface area (TPSA) is 69.3 Å². The van der Waals surface area contributed by atoms with E-state index in [1.165, 1.54) is 0 Å². The zero-order chi connectivity index (χ0) is 14.7. The van der Waals surface area contributed by atoms with Crippen molar-refractivity contribution in [2.45, 2.75) is 12.5 Å². The van der Waals surface area contributed by atoms with Crippen LogP contribution in [0.4, 0.5) is 0 Å². The second-order valence-corrected chi connectivity index (χ2v) is 5.16. The Labute approximate surface area is 124 Å². The first-order chi connectivity index (χ1) is 10.3. The summed E-state index contributed by atoms with van der Waals surface area (Å²) in [6, 6.07) is 6.21. The third-order valence-electron chi connectivity index (χ3n) is 3.79. The number of guanidine groups is 1. The van der Waals surface area contributed by atoms with Crippen LogP contribution in [0.5, 0.6) is 11.5 Å². The van der Waals surface area contributed by atoms with Crippen molar-refractivity contribution in [2.75, 3.05) is 40.0 Å². The molecule has 1 unspecified atom stereocenters. The standard InChI is InChI=1S/C15H21N3O3/c1-19-8-5-18-12(10-17-15(18)16)11-3-4-13-14(9-11)21-7-2-6-20-13/h3-4,9,12H,2,5-8,10H2,1H3,(H2,16,17). The van der Waals surface area contributed by atoms with Crippen LogP contribution in [0.3, 0.4) is 0 Å². The van der Waals surface area contributed by atoms with Gasteiger partial charge in [0.2, 0.25) is 0 Å². The van der Waals surface area contributed by atoms with E-state index in [2.05, 4.69) is 16.0 Å². The van der Waals surface area contributed by atoms with Crippen LogP contribution in [0, 0.1) is 0 Å². The zero-order valence-corrected chi connectivity index (χ0v) is 12.2. The number of hydrogen-bond acceptors (Lipinski definition) is 6. The van der Waals surface area contributed by atoms with E-state index < -0.39 is 0 Å². The number of nitrogens with two attached hydrogens (primary N) is 1. The third kappa shape index (κ3) is 2.90. The molecule has 0 bridgehead atoms. The Morgan fingerprint density at radius 2 is 2.14 bits per heavy atom. The highest BCUT2D eigenvalue weighted by atomic mass is 16.5. The lowest BCUT2D eigenvalue weighted by atomic mass is 10.1. The van der Waals surface area contributed by atoms with Crippen molar-refractivity contribution in [2.24, 2.45) is 10.7 Å². The van der Waals surface area contributed by atoms with Crippen LogP contribution in [0.25, 0.3) is 0 Å². The number of methoxy groups -OCH3 is 1. The highest BCUT2D eigenvalue weighted by molar-refractivity contribution is 5.80. The molecule has 3 rings (SSSR count). The average molecular weight is 291 g/mol. The van der Waals surface area contributed by atoms with Crippen molar-refractivity contribution in [1.29, 1.82) is 0 Å². The Morgan fingerprint density at radius 1 is 1.33 bits per heavy atom. The van der Waals surface area contributed by atoms with Crippen LogP contribution in [-0.4, -0.2) is 50.9 Å². The van der Waals surface area contributed by atoms with Gasteiger partial charge in [0.1, 0.15) is 0 Å². The average Bonchev–Trinajstić information content (AvgIpc) is 2.72. The molecular formula is C15H21N3O3. The summed E-state index contributed by atoms with van der Waals surface area (Å²) < 4.78 is 16.6. The Hall–Kier alpha value is -1.95. The van der Waals surface area contributed by atoms with Gasteiger partial charge in [-0.25, -0.2) is 0 Å². The van der Waals surface area contributed by atoms with Gasteiger partial charge in [0, 0.05) is 20.1 Å². The van der Waals surface area contributed by atoms with Crippen molar-refractivity contribution in [3.05, 3.63) is 23.8 Å². The second kappa shape index (κ2) is 6.22. The molecule has 2 aliphatic heterocycles. The molecule has 0 amide bonds. The summed E-state index contributed by atoms with van der Waals surface area (Å²) in [6.45, 7) is 3.40. The summed E-state index contributed by atoms with van der Waals surface area (Å²) in [5.41, 5.74) is 7.11. The summed E-state index contributed by atoms with van der Waals surface area (Å²) in [5.74, 6) is 2.19. The summed E-state index contributed by atoms with van der Waals surface area (Å²) >= 11 is 0. The quantitative estimate of drug-likeness (QED) is 0.901. The maximum Gasteiger partial charge on any atom is 0.192 e. The van der Waals surface area contributed by atoms with Gasteiger partial charge in [-0.05, 0) is 17.7 Å². The van der Waals surface area contributed by atoms with E-state index in [1.54, 1.807) is 7.11 Å². The van der Waals surface area contributed by atoms with Crippen LogP contribution >= 0.6 is 0 Å². The van der Waals surface area contributed by atoms with E-state index in [0.717, 1.165) is 30.0 Å². The summed E-state index contributed by atoms with van der Waals surface area (Å²) in [4.78, 5) is 6.42. The lowest BCUT2D eigenvalue weighted by molar-refractivity contribution is 0.166. The van der Waals surface area contributed by atoms with Gasteiger partial charge in [-0.15, -0.1) is 0 Å². The lowest BCUT2D eigenvalue weighted by Crippen LogP contribution is -2.38. The van der Waals surface area contributed by atoms with Gasteiger partial charge in [0.25, 0.3) is 0 Å². The van der Waals surface area contributed by atoms with Gasteiger partial charge in [0.05, 0.1) is 32.4 Å². The number of hydrogen-bond donors (Lipinski definition) is 1. The fraction of sp³-hybridized carbons (Fsp3) is 0.533. The van der Waals surface area contributed by atoms with Crippen LogP contribution < -0.4 is 15.2 Å². The molecule has 6 nitrogen and oxygen atoms in total. The lowest BCUT2D eigenvalue weighted by Gasteiger charge is -2.26. The molecule has 0 fully saturated rings. The summed E-state index contributed by atoms with van der Waals surface area (Å²) in [5, 5.41) is 0. The fourth-order valence-corrected chi connectivity index (χ4v) is 2.66. The molecule has 1 aromatic carbocycles. The number of benzene rings is 1. The predicted octanol–water partition coefficient (Wildman–Crippen LogP) is 1.17. The molecule has 2 aliphatic rings. The van der Waals surface area contributed by atoms with Crippen molar-refractivity contribution in [3.8, 4) is 11.5 Å². The highest BCUT2D eigenvalue weighted by Crippen LogP contribution is 2.35. The first-order valence-electron chi connectivity index (χ1n) is 7.24. The number of aliphatic imine (C=N–C) groups is 1. The molecule has 21 heavy (non-hydrogen) atoms. The SMILES string of the molecule is COCCN1C(N)=NCC1c1ccc2c(c1)OCCCO2. The van der Waals surface area contributed by atoms with Gasteiger partial charge in [-0.3, -0.25) is 4.99 Å². The summed E-state index contributed by atoms with van der Waals surface area (Å²) in [7, 11) is 1.69. The zero-order valence-electron chi connectivity index (χ0n) is 12.2. The molecule has 0 aromatic heterocycles. The Kier molecular flexibility index (Phi) is 4.15. The van der Waals surface area contributed by atoms with Crippen molar-refractivity contribution >= 4 is 5.96 Å². The first-order valence-corrected chi connectivity index (χ1v) is 7.24. The minimum absolute atomic E-state index is 0.136. The van der Waals surface area contributed by atoms with E-state index in [0.29, 0.717) is 32.3 Å². The molecule has 2 heterocycles. The number of ether oxygens (including phenoxy) is 3. The maximum absolute atomic E-state index is 5.97. The van der Waals surface area contributed by atoms with Gasteiger partial charge in [0.15, 0.2) is 17.5 Å². The van der Waals surface area contributed by atoms with Crippen LogP contribution in [0.2, 0.25) is 0 Å². The highest BCUT2D eigenvalue weighted by Gasteiger charge is 2.28. The van der Waals surface area contributed by atoms with Crippen molar-refractivity contribution in [1.82, 2.24) is 4.90 Å². The molecule has 0 aliphatic carbocycles. The largest absolute Gasteiger partial charge is 0.490 e. The van der Waals surface area contributed by atoms with E-state index in [-0.39, 0.29) is 6.04 Å². The van der Waals surface area contributed by atoms with E-state index in [9.17, 15) is 0 Å². The van der Waals surface area contributed by atoms with Gasteiger partial charge >= 0.3 is 0 Å². The maximum atomic E-state index is 5.97. The summed E-state index contributed by atoms with van der Waals surface area (Å²) in [6.07, 6.45) is 0.906. The number of fused-ring (bicyclic) bond motifs is 1. The van der Waals surface area contributed by atoms with Crippen LogP contribution in [0.15, 0.2) is 23.2 Å². The first kappa shape index (κ1) is 14.0. The van der Waals surface area contributed by atoms with E-state index in [1.807, 2.05) is 12.1 Å². The molecule has 0 radical (unpaired) electrons. The Balaban J connectivity index is 1.81. The predicted molar refractivity (Wildman–Crippen MR) is 79.9 cm³/mol. The van der Waals surface area contributed by atoms with Crippen LogP contribution in [0.1, 0.15) is 18.0 Å². The fourth-order valence-electron chi connectivity index (χ4n) is 2.66. The molecule has 1 atom stereocenters. The molecule has 2 N–H and O–H groups in total. The minimum Gasteiger partial charge on any atom is -0.490 e. The van der Waals surface area contributed by atoms with Gasteiger partial charge in [-0.2, -0.15) is 0 Å². The number of rotatable bonds is 4. The smallest absolute Gasteiger partial charge is 0.192 e. The van der Waals surface area contributed by atoms with E-state index >= 15 is 0 Å².